The highest BCUT2D eigenvalue weighted by atomic mass is 16.2. The lowest BCUT2D eigenvalue weighted by atomic mass is 10.1. The van der Waals surface area contributed by atoms with Gasteiger partial charge in [0.25, 0.3) is 0 Å². The van der Waals surface area contributed by atoms with Gasteiger partial charge in [0, 0.05) is 35.8 Å². The summed E-state index contributed by atoms with van der Waals surface area (Å²) in [6.07, 6.45) is 5.21. The molecule has 3 rings (SSSR count). The van der Waals surface area contributed by atoms with Crippen LogP contribution in [0, 0.1) is 0 Å². The molecule has 1 aliphatic rings. The molecular weight excluding hydrogens is 276 g/mol. The molecule has 1 aromatic carbocycles. The maximum Gasteiger partial charge on any atom is 0.245 e. The molecule has 2 heterocycles. The minimum atomic E-state index is -0.281. The van der Waals surface area contributed by atoms with Crippen molar-refractivity contribution in [2.45, 2.75) is 39.2 Å². The molecule has 1 aromatic heterocycles. The monoisotopic (exact) mass is 298 g/mol. The van der Waals surface area contributed by atoms with E-state index in [-0.39, 0.29) is 17.7 Å². The summed E-state index contributed by atoms with van der Waals surface area (Å²) in [5.41, 5.74) is 1.64. The Balaban J connectivity index is 1.98. The van der Waals surface area contributed by atoms with Gasteiger partial charge in [-0.15, -0.1) is 0 Å². The van der Waals surface area contributed by atoms with E-state index in [0.717, 1.165) is 36.8 Å². The van der Waals surface area contributed by atoms with Crippen molar-refractivity contribution in [1.29, 1.82) is 0 Å². The number of Topliss-reactive ketones (excluding diaryl/α,β-unsaturated/α-hetero) is 1. The fraction of sp³-hybridized carbons (Fsp3) is 0.444. The highest BCUT2D eigenvalue weighted by molar-refractivity contribution is 6.07. The third-order valence-electron chi connectivity index (χ3n) is 4.56. The van der Waals surface area contributed by atoms with Gasteiger partial charge in [0.05, 0.1) is 0 Å². The average molecular weight is 298 g/mol. The van der Waals surface area contributed by atoms with Gasteiger partial charge >= 0.3 is 0 Å². The lowest BCUT2D eigenvalue weighted by molar-refractivity contribution is -0.135. The van der Waals surface area contributed by atoms with Gasteiger partial charge in [0.2, 0.25) is 5.91 Å². The fourth-order valence-electron chi connectivity index (χ4n) is 3.30. The summed E-state index contributed by atoms with van der Waals surface area (Å²) < 4.78 is 1.95. The highest BCUT2D eigenvalue weighted by Crippen LogP contribution is 2.26. The fourth-order valence-corrected chi connectivity index (χ4v) is 3.30. The van der Waals surface area contributed by atoms with E-state index in [0.29, 0.717) is 5.56 Å². The van der Waals surface area contributed by atoms with Crippen LogP contribution in [0.15, 0.2) is 30.5 Å². The molecule has 0 unspecified atom stereocenters. The van der Waals surface area contributed by atoms with Crippen LogP contribution in [0.4, 0.5) is 0 Å². The number of nitrogens with zero attached hydrogens (tertiary/aromatic N) is 2. The van der Waals surface area contributed by atoms with E-state index in [2.05, 4.69) is 0 Å². The molecule has 1 amide bonds. The maximum atomic E-state index is 12.7. The van der Waals surface area contributed by atoms with Gasteiger partial charge in [0.1, 0.15) is 6.04 Å². The largest absolute Gasteiger partial charge is 0.341 e. The van der Waals surface area contributed by atoms with Gasteiger partial charge in [-0.3, -0.25) is 9.59 Å². The van der Waals surface area contributed by atoms with Crippen molar-refractivity contribution in [2.24, 2.45) is 0 Å². The van der Waals surface area contributed by atoms with Crippen LogP contribution in [-0.2, 0) is 4.79 Å². The Morgan fingerprint density at radius 3 is 2.45 bits per heavy atom. The Morgan fingerprint density at radius 1 is 1.09 bits per heavy atom. The van der Waals surface area contributed by atoms with Crippen LogP contribution in [-0.4, -0.2) is 34.2 Å². The van der Waals surface area contributed by atoms with E-state index in [1.807, 2.05) is 46.9 Å². The van der Waals surface area contributed by atoms with Crippen LogP contribution in [0.5, 0.6) is 0 Å². The number of likely N-dealkylation sites (tertiary alicyclic amines) is 1. The topological polar surface area (TPSA) is 42.3 Å². The predicted molar refractivity (Wildman–Crippen MR) is 87.1 cm³/mol. The number of fused-ring (bicyclic) bond motifs is 1. The summed E-state index contributed by atoms with van der Waals surface area (Å²) in [5.74, 6) is 0.183. The standard InChI is InChI=1S/C18H22N2O2/c1-13(18(22)19-10-6-3-7-11-19)20-12-16(14(2)21)15-8-4-5-9-17(15)20/h4-5,8-9,12-13H,3,6-7,10-11H2,1-2H3/t13-/m0/s1. The second kappa shape index (κ2) is 5.95. The van der Waals surface area contributed by atoms with Crippen molar-refractivity contribution in [1.82, 2.24) is 9.47 Å². The van der Waals surface area contributed by atoms with E-state index in [1.54, 1.807) is 6.92 Å². The maximum absolute atomic E-state index is 12.7. The summed E-state index contributed by atoms with van der Waals surface area (Å²) in [7, 11) is 0. The predicted octanol–water partition coefficient (Wildman–Crippen LogP) is 3.42. The van der Waals surface area contributed by atoms with Crippen molar-refractivity contribution in [3.05, 3.63) is 36.0 Å². The van der Waals surface area contributed by atoms with Crippen molar-refractivity contribution in [3.63, 3.8) is 0 Å². The molecule has 4 nitrogen and oxygen atoms in total. The number of carbonyl (C=O) groups excluding carboxylic acids is 2. The number of hydrogen-bond acceptors (Lipinski definition) is 2. The second-order valence-corrected chi connectivity index (χ2v) is 6.09. The van der Waals surface area contributed by atoms with Gasteiger partial charge in [0.15, 0.2) is 5.78 Å². The minimum Gasteiger partial charge on any atom is -0.341 e. The summed E-state index contributed by atoms with van der Waals surface area (Å²) >= 11 is 0. The molecule has 116 valence electrons. The summed E-state index contributed by atoms with van der Waals surface area (Å²) in [5, 5.41) is 0.924. The number of carbonyl (C=O) groups is 2. The van der Waals surface area contributed by atoms with Gasteiger partial charge in [-0.25, -0.2) is 0 Å². The highest BCUT2D eigenvalue weighted by Gasteiger charge is 2.25. The first kappa shape index (κ1) is 14.8. The molecule has 22 heavy (non-hydrogen) atoms. The summed E-state index contributed by atoms with van der Waals surface area (Å²) in [4.78, 5) is 26.6. The molecule has 1 fully saturated rings. The Kier molecular flexibility index (Phi) is 4.01. The number of piperidine rings is 1. The number of aromatic nitrogens is 1. The Morgan fingerprint density at radius 2 is 1.77 bits per heavy atom. The van der Waals surface area contributed by atoms with Crippen LogP contribution in [0.2, 0.25) is 0 Å². The zero-order valence-electron chi connectivity index (χ0n) is 13.2. The first-order chi connectivity index (χ1) is 10.6. The van der Waals surface area contributed by atoms with Crippen LogP contribution in [0.25, 0.3) is 10.9 Å². The molecule has 0 N–H and O–H groups in total. The Hall–Kier alpha value is -2.10. The Labute approximate surface area is 130 Å². The first-order valence-corrected chi connectivity index (χ1v) is 7.99. The van der Waals surface area contributed by atoms with Crippen molar-refractivity contribution in [2.75, 3.05) is 13.1 Å². The van der Waals surface area contributed by atoms with E-state index >= 15 is 0 Å². The first-order valence-electron chi connectivity index (χ1n) is 7.99. The lowest BCUT2D eigenvalue weighted by Gasteiger charge is -2.30. The van der Waals surface area contributed by atoms with Crippen LogP contribution in [0.1, 0.15) is 49.5 Å². The number of benzene rings is 1. The molecule has 1 aliphatic heterocycles. The van der Waals surface area contributed by atoms with E-state index in [4.69, 9.17) is 0 Å². The molecule has 0 bridgehead atoms. The molecule has 0 aliphatic carbocycles. The molecule has 4 heteroatoms. The van der Waals surface area contributed by atoms with Crippen molar-refractivity contribution >= 4 is 22.6 Å². The average Bonchev–Trinajstić information content (AvgIpc) is 2.94. The third-order valence-corrected chi connectivity index (χ3v) is 4.56. The normalized spacial score (nSPS) is 16.7. The second-order valence-electron chi connectivity index (χ2n) is 6.09. The summed E-state index contributed by atoms with van der Waals surface area (Å²) in [6.45, 7) is 5.19. The van der Waals surface area contributed by atoms with Crippen molar-refractivity contribution in [3.8, 4) is 0 Å². The number of para-hydroxylation sites is 1. The minimum absolute atomic E-state index is 0.0348. The molecule has 1 atom stereocenters. The van der Waals surface area contributed by atoms with Gasteiger partial charge in [-0.05, 0) is 39.2 Å². The number of amides is 1. The smallest absolute Gasteiger partial charge is 0.245 e. The van der Waals surface area contributed by atoms with E-state index in [1.165, 1.54) is 6.42 Å². The van der Waals surface area contributed by atoms with E-state index in [9.17, 15) is 9.59 Å². The zero-order chi connectivity index (χ0) is 15.7. The van der Waals surface area contributed by atoms with Crippen molar-refractivity contribution < 1.29 is 9.59 Å². The third kappa shape index (κ3) is 2.54. The SMILES string of the molecule is CC(=O)c1cn([C@@H](C)C(=O)N2CCCCC2)c2ccccc12. The number of rotatable bonds is 3. The van der Waals surface area contributed by atoms with Crippen LogP contribution >= 0.6 is 0 Å². The molecule has 2 aromatic rings. The molecular formula is C18H22N2O2. The lowest BCUT2D eigenvalue weighted by Crippen LogP contribution is -2.39. The molecule has 0 spiro atoms. The number of hydrogen-bond donors (Lipinski definition) is 0. The van der Waals surface area contributed by atoms with Crippen LogP contribution in [0.3, 0.4) is 0 Å². The Bertz CT molecular complexity index is 711. The zero-order valence-corrected chi connectivity index (χ0v) is 13.2. The molecule has 1 saturated heterocycles. The quantitative estimate of drug-likeness (QED) is 0.815. The van der Waals surface area contributed by atoms with Gasteiger partial charge in [-0.1, -0.05) is 18.2 Å². The molecule has 0 radical (unpaired) electrons. The van der Waals surface area contributed by atoms with Crippen LogP contribution < -0.4 is 0 Å². The van der Waals surface area contributed by atoms with Gasteiger partial charge in [-0.2, -0.15) is 0 Å². The number of ketones is 1. The van der Waals surface area contributed by atoms with Gasteiger partial charge < -0.3 is 9.47 Å². The molecule has 0 saturated carbocycles. The van der Waals surface area contributed by atoms with E-state index < -0.39 is 0 Å². The summed E-state index contributed by atoms with van der Waals surface area (Å²) in [6, 6.07) is 7.51.